The van der Waals surface area contributed by atoms with Crippen LogP contribution in [-0.4, -0.2) is 34.8 Å². The Morgan fingerprint density at radius 3 is 2.55 bits per heavy atom. The van der Waals surface area contributed by atoms with Gasteiger partial charge in [0.2, 0.25) is 5.91 Å². The first-order valence-electron chi connectivity index (χ1n) is 9.82. The van der Waals surface area contributed by atoms with Crippen molar-refractivity contribution < 1.29 is 9.59 Å². The molecule has 0 saturated carbocycles. The Morgan fingerprint density at radius 2 is 1.90 bits per heavy atom. The van der Waals surface area contributed by atoms with Gasteiger partial charge in [-0.3, -0.25) is 9.59 Å². The third kappa shape index (κ3) is 4.57. The number of anilines is 1. The van der Waals surface area contributed by atoms with Gasteiger partial charge < -0.3 is 10.2 Å². The summed E-state index contributed by atoms with van der Waals surface area (Å²) in [5.74, 6) is -0.0217. The third-order valence-electron chi connectivity index (χ3n) is 5.28. The van der Waals surface area contributed by atoms with Crippen LogP contribution in [-0.2, 0) is 11.2 Å². The van der Waals surface area contributed by atoms with Gasteiger partial charge in [0.25, 0.3) is 5.91 Å². The topological polar surface area (TPSA) is 62.3 Å². The number of thiophene rings is 1. The van der Waals surface area contributed by atoms with Crippen molar-refractivity contribution in [1.29, 1.82) is 0 Å². The summed E-state index contributed by atoms with van der Waals surface area (Å²) in [6, 6.07) is 12.1. The fourth-order valence-corrected chi connectivity index (χ4v) is 4.90. The fourth-order valence-electron chi connectivity index (χ4n) is 3.48. The zero-order chi connectivity index (χ0) is 20.2. The van der Waals surface area contributed by atoms with E-state index in [1.54, 1.807) is 0 Å². The fraction of sp³-hybridized carbons (Fsp3) is 0.318. The molecule has 1 N–H and O–H groups in total. The molecule has 0 unspecified atom stereocenters. The lowest BCUT2D eigenvalue weighted by atomic mass is 9.96. The van der Waals surface area contributed by atoms with E-state index < -0.39 is 0 Å². The number of carbonyl (C=O) groups is 2. The molecule has 0 bridgehead atoms. The number of nitrogens with zero attached hydrogens (tertiary/aromatic N) is 2. The van der Waals surface area contributed by atoms with Gasteiger partial charge in [-0.1, -0.05) is 37.3 Å². The smallest absolute Gasteiger partial charge is 0.263 e. The van der Waals surface area contributed by atoms with E-state index in [0.717, 1.165) is 22.6 Å². The second-order valence-corrected chi connectivity index (χ2v) is 8.93. The molecule has 3 heterocycles. The predicted molar refractivity (Wildman–Crippen MR) is 119 cm³/mol. The maximum absolute atomic E-state index is 12.7. The highest BCUT2D eigenvalue weighted by Crippen LogP contribution is 2.27. The van der Waals surface area contributed by atoms with Crippen molar-refractivity contribution in [2.45, 2.75) is 26.2 Å². The van der Waals surface area contributed by atoms with Crippen LogP contribution in [0, 0.1) is 5.92 Å². The molecular formula is C22H23N3O2S2. The molecule has 29 heavy (non-hydrogen) atoms. The minimum atomic E-state index is -0.0847. The molecule has 1 aromatic carbocycles. The van der Waals surface area contributed by atoms with E-state index in [9.17, 15) is 9.59 Å². The summed E-state index contributed by atoms with van der Waals surface area (Å²) in [5, 5.41) is 7.47. The second-order valence-electron chi connectivity index (χ2n) is 7.12. The Morgan fingerprint density at radius 1 is 1.14 bits per heavy atom. The molecular weight excluding hydrogens is 402 g/mol. The number of hydrogen-bond donors (Lipinski definition) is 1. The average Bonchev–Trinajstić information content (AvgIpc) is 3.46. The van der Waals surface area contributed by atoms with Crippen LogP contribution in [0.2, 0.25) is 0 Å². The van der Waals surface area contributed by atoms with Crippen LogP contribution >= 0.6 is 22.7 Å². The molecule has 7 heteroatoms. The van der Waals surface area contributed by atoms with E-state index in [-0.39, 0.29) is 17.7 Å². The van der Waals surface area contributed by atoms with Gasteiger partial charge in [-0.25, -0.2) is 4.98 Å². The first kappa shape index (κ1) is 19.8. The number of likely N-dealkylation sites (tertiary alicyclic amines) is 1. The summed E-state index contributed by atoms with van der Waals surface area (Å²) >= 11 is 2.90. The lowest BCUT2D eigenvalue weighted by Crippen LogP contribution is -2.41. The van der Waals surface area contributed by atoms with Crippen molar-refractivity contribution in [1.82, 2.24) is 9.88 Å². The molecule has 5 nitrogen and oxygen atoms in total. The first-order chi connectivity index (χ1) is 14.1. The van der Waals surface area contributed by atoms with Crippen molar-refractivity contribution in [3.8, 4) is 11.3 Å². The van der Waals surface area contributed by atoms with Gasteiger partial charge in [-0.15, -0.1) is 22.7 Å². The molecule has 1 saturated heterocycles. The van der Waals surface area contributed by atoms with E-state index in [1.165, 1.54) is 28.2 Å². The Bertz CT molecular complexity index is 972. The van der Waals surface area contributed by atoms with Crippen LogP contribution in [0.5, 0.6) is 0 Å². The zero-order valence-electron chi connectivity index (χ0n) is 16.3. The second kappa shape index (κ2) is 8.88. The van der Waals surface area contributed by atoms with Crippen molar-refractivity contribution >= 4 is 39.6 Å². The van der Waals surface area contributed by atoms with Crippen LogP contribution in [0.15, 0.2) is 47.2 Å². The quantitative estimate of drug-likeness (QED) is 0.631. The SMILES string of the molecule is CCc1ccc(-c2csc(NC(=O)C3CCN(C(=O)c4cccs4)CC3)n2)cc1. The molecule has 4 rings (SSSR count). The van der Waals surface area contributed by atoms with Crippen LogP contribution in [0.3, 0.4) is 0 Å². The van der Waals surface area contributed by atoms with Gasteiger partial charge >= 0.3 is 0 Å². The lowest BCUT2D eigenvalue weighted by Gasteiger charge is -2.30. The highest BCUT2D eigenvalue weighted by molar-refractivity contribution is 7.14. The minimum absolute atomic E-state index is 0.00421. The Balaban J connectivity index is 1.32. The zero-order valence-corrected chi connectivity index (χ0v) is 17.9. The number of hydrogen-bond acceptors (Lipinski definition) is 5. The predicted octanol–water partition coefficient (Wildman–Crippen LogP) is 4.92. The van der Waals surface area contributed by atoms with Crippen LogP contribution < -0.4 is 5.32 Å². The van der Waals surface area contributed by atoms with Gasteiger partial charge in [0.05, 0.1) is 10.6 Å². The summed E-state index contributed by atoms with van der Waals surface area (Å²) < 4.78 is 0. The van der Waals surface area contributed by atoms with E-state index >= 15 is 0 Å². The number of nitrogens with one attached hydrogen (secondary N) is 1. The molecule has 2 aromatic heterocycles. The van der Waals surface area contributed by atoms with Crippen LogP contribution in [0.1, 0.15) is 35.0 Å². The highest BCUT2D eigenvalue weighted by Gasteiger charge is 2.28. The van der Waals surface area contributed by atoms with Gasteiger partial charge in [0.15, 0.2) is 5.13 Å². The molecule has 2 amide bonds. The molecule has 1 aliphatic rings. The molecule has 1 fully saturated rings. The van der Waals surface area contributed by atoms with Gasteiger partial charge in [0, 0.05) is 30.0 Å². The molecule has 0 radical (unpaired) electrons. The Kier molecular flexibility index (Phi) is 6.06. The monoisotopic (exact) mass is 425 g/mol. The van der Waals surface area contributed by atoms with Crippen molar-refractivity contribution in [2.75, 3.05) is 18.4 Å². The van der Waals surface area contributed by atoms with Crippen molar-refractivity contribution in [2.24, 2.45) is 5.92 Å². The molecule has 0 atom stereocenters. The van der Waals surface area contributed by atoms with Gasteiger partial charge in [-0.2, -0.15) is 0 Å². The summed E-state index contributed by atoms with van der Waals surface area (Å²) in [7, 11) is 0. The molecule has 3 aromatic rings. The largest absolute Gasteiger partial charge is 0.338 e. The standard InChI is InChI=1S/C22H23N3O2S2/c1-2-15-5-7-16(8-6-15)18-14-29-22(23-18)24-20(26)17-9-11-25(12-10-17)21(27)19-4-3-13-28-19/h3-8,13-14,17H,2,9-12H2,1H3,(H,23,24,26). The number of aryl methyl sites for hydroxylation is 1. The number of carbonyl (C=O) groups excluding carboxylic acids is 2. The first-order valence-corrected chi connectivity index (χ1v) is 11.6. The molecule has 150 valence electrons. The van der Waals surface area contributed by atoms with Gasteiger partial charge in [0.1, 0.15) is 0 Å². The third-order valence-corrected chi connectivity index (χ3v) is 6.89. The average molecular weight is 426 g/mol. The Labute approximate surface area is 178 Å². The molecule has 0 aliphatic carbocycles. The number of rotatable bonds is 5. The van der Waals surface area contributed by atoms with E-state index in [0.29, 0.717) is 31.1 Å². The number of piperidine rings is 1. The summed E-state index contributed by atoms with van der Waals surface area (Å²) in [5.41, 5.74) is 3.23. The number of aromatic nitrogens is 1. The highest BCUT2D eigenvalue weighted by atomic mass is 32.1. The molecule has 0 spiro atoms. The Hall–Kier alpha value is -2.51. The summed E-state index contributed by atoms with van der Waals surface area (Å²) in [6.45, 7) is 3.36. The number of amides is 2. The molecule has 1 aliphatic heterocycles. The maximum atomic E-state index is 12.7. The normalized spacial score (nSPS) is 14.7. The maximum Gasteiger partial charge on any atom is 0.263 e. The summed E-state index contributed by atoms with van der Waals surface area (Å²) in [4.78, 5) is 32.3. The number of benzene rings is 1. The van der Waals surface area contributed by atoms with E-state index in [2.05, 4.69) is 41.5 Å². The van der Waals surface area contributed by atoms with Crippen LogP contribution in [0.4, 0.5) is 5.13 Å². The van der Waals surface area contributed by atoms with Crippen molar-refractivity contribution in [3.63, 3.8) is 0 Å². The van der Waals surface area contributed by atoms with E-state index in [1.807, 2.05) is 27.8 Å². The van der Waals surface area contributed by atoms with E-state index in [4.69, 9.17) is 0 Å². The summed E-state index contributed by atoms with van der Waals surface area (Å²) in [6.07, 6.45) is 2.37. The lowest BCUT2D eigenvalue weighted by molar-refractivity contribution is -0.121. The van der Waals surface area contributed by atoms with Crippen LogP contribution in [0.25, 0.3) is 11.3 Å². The van der Waals surface area contributed by atoms with Crippen molar-refractivity contribution in [3.05, 3.63) is 57.6 Å². The number of thiazole rings is 1. The minimum Gasteiger partial charge on any atom is -0.338 e. The van der Waals surface area contributed by atoms with Gasteiger partial charge in [-0.05, 0) is 36.3 Å².